The monoisotopic (exact) mass is 384 g/mol. The lowest BCUT2D eigenvalue weighted by molar-refractivity contribution is 0.0938. The summed E-state index contributed by atoms with van der Waals surface area (Å²) < 4.78 is 6.66. The molecule has 27 heavy (non-hydrogen) atoms. The standard InChI is InChI=1S/C20H21ClN4O2/c1-14-16(21)10-6-11-17(14)25-19(15-8-4-3-5-9-15)23-18(24-25)20(26)22-12-7-13-27-2/h3-6,8-11H,7,12-13H2,1-2H3,(H,22,26). The van der Waals surface area contributed by atoms with E-state index in [1.54, 1.807) is 11.8 Å². The summed E-state index contributed by atoms with van der Waals surface area (Å²) in [4.78, 5) is 17.0. The van der Waals surface area contributed by atoms with Crippen LogP contribution in [0.25, 0.3) is 17.1 Å². The summed E-state index contributed by atoms with van der Waals surface area (Å²) in [6.07, 6.45) is 0.724. The van der Waals surface area contributed by atoms with Crippen LogP contribution in [0, 0.1) is 6.92 Å². The van der Waals surface area contributed by atoms with Gasteiger partial charge in [0.2, 0.25) is 5.82 Å². The van der Waals surface area contributed by atoms with Crippen LogP contribution in [-0.2, 0) is 4.74 Å². The number of carbonyl (C=O) groups is 1. The predicted molar refractivity (Wildman–Crippen MR) is 105 cm³/mol. The number of benzene rings is 2. The van der Waals surface area contributed by atoms with Gasteiger partial charge < -0.3 is 10.1 Å². The van der Waals surface area contributed by atoms with E-state index in [1.807, 2.05) is 55.5 Å². The van der Waals surface area contributed by atoms with Crippen molar-refractivity contribution in [3.05, 3.63) is 64.9 Å². The molecule has 0 radical (unpaired) electrons. The second-order valence-electron chi connectivity index (χ2n) is 6.02. The van der Waals surface area contributed by atoms with Crippen LogP contribution in [0.3, 0.4) is 0 Å². The minimum atomic E-state index is -0.318. The molecule has 1 N–H and O–H groups in total. The van der Waals surface area contributed by atoms with Crippen LogP contribution in [-0.4, -0.2) is 40.9 Å². The number of methoxy groups -OCH3 is 1. The summed E-state index contributed by atoms with van der Waals surface area (Å²) in [7, 11) is 1.63. The lowest BCUT2D eigenvalue weighted by atomic mass is 10.2. The average molecular weight is 385 g/mol. The third kappa shape index (κ3) is 4.35. The van der Waals surface area contributed by atoms with Gasteiger partial charge in [-0.1, -0.05) is 48.0 Å². The van der Waals surface area contributed by atoms with Gasteiger partial charge in [-0.15, -0.1) is 5.10 Å². The van der Waals surface area contributed by atoms with Crippen LogP contribution < -0.4 is 5.32 Å². The van der Waals surface area contributed by atoms with E-state index < -0.39 is 0 Å². The fourth-order valence-corrected chi connectivity index (χ4v) is 2.84. The molecule has 0 saturated heterocycles. The number of nitrogens with zero attached hydrogens (tertiary/aromatic N) is 3. The fourth-order valence-electron chi connectivity index (χ4n) is 2.67. The third-order valence-electron chi connectivity index (χ3n) is 4.12. The minimum Gasteiger partial charge on any atom is -0.385 e. The first-order valence-electron chi connectivity index (χ1n) is 8.67. The second-order valence-corrected chi connectivity index (χ2v) is 6.43. The third-order valence-corrected chi connectivity index (χ3v) is 4.53. The smallest absolute Gasteiger partial charge is 0.290 e. The topological polar surface area (TPSA) is 69.0 Å². The van der Waals surface area contributed by atoms with E-state index in [1.165, 1.54) is 0 Å². The summed E-state index contributed by atoms with van der Waals surface area (Å²) >= 11 is 6.28. The molecule has 7 heteroatoms. The zero-order chi connectivity index (χ0) is 19.2. The molecule has 0 atom stereocenters. The highest BCUT2D eigenvalue weighted by atomic mass is 35.5. The van der Waals surface area contributed by atoms with Gasteiger partial charge in [0.1, 0.15) is 0 Å². The summed E-state index contributed by atoms with van der Waals surface area (Å²) in [6, 6.07) is 15.2. The van der Waals surface area contributed by atoms with Crippen molar-refractivity contribution in [1.82, 2.24) is 20.1 Å². The van der Waals surface area contributed by atoms with Crippen molar-refractivity contribution in [2.24, 2.45) is 0 Å². The minimum absolute atomic E-state index is 0.116. The molecule has 0 bridgehead atoms. The van der Waals surface area contributed by atoms with Gasteiger partial charge in [-0.3, -0.25) is 4.79 Å². The Kier molecular flexibility index (Phi) is 6.21. The molecule has 1 heterocycles. The zero-order valence-corrected chi connectivity index (χ0v) is 16.0. The molecule has 1 aromatic heterocycles. The van der Waals surface area contributed by atoms with E-state index in [2.05, 4.69) is 15.4 Å². The van der Waals surface area contributed by atoms with E-state index in [0.29, 0.717) is 24.0 Å². The Hall–Kier alpha value is -2.70. The van der Waals surface area contributed by atoms with Gasteiger partial charge in [0.05, 0.1) is 5.69 Å². The number of ether oxygens (including phenoxy) is 1. The van der Waals surface area contributed by atoms with E-state index in [9.17, 15) is 4.79 Å². The molecule has 6 nitrogen and oxygen atoms in total. The van der Waals surface area contributed by atoms with E-state index in [-0.39, 0.29) is 11.7 Å². The van der Waals surface area contributed by atoms with Crippen molar-refractivity contribution >= 4 is 17.5 Å². The van der Waals surface area contributed by atoms with Crippen molar-refractivity contribution in [3.8, 4) is 17.1 Å². The summed E-state index contributed by atoms with van der Waals surface area (Å²) in [5.41, 5.74) is 2.52. The second kappa shape index (κ2) is 8.79. The SMILES string of the molecule is COCCCNC(=O)c1nc(-c2ccccc2)n(-c2cccc(Cl)c2C)n1. The first-order valence-corrected chi connectivity index (χ1v) is 9.04. The maximum atomic E-state index is 12.5. The van der Waals surface area contributed by atoms with Crippen LogP contribution in [0.1, 0.15) is 22.6 Å². The first-order chi connectivity index (χ1) is 13.1. The lowest BCUT2D eigenvalue weighted by Gasteiger charge is -2.10. The van der Waals surface area contributed by atoms with Crippen LogP contribution in [0.2, 0.25) is 5.02 Å². The van der Waals surface area contributed by atoms with Gasteiger partial charge in [-0.05, 0) is 31.0 Å². The summed E-state index contributed by atoms with van der Waals surface area (Å²) in [6.45, 7) is 3.00. The van der Waals surface area contributed by atoms with Crippen molar-refractivity contribution in [2.45, 2.75) is 13.3 Å². The average Bonchev–Trinajstić information content (AvgIpc) is 3.13. The molecule has 140 valence electrons. The molecule has 2 aromatic carbocycles. The molecule has 0 unspecified atom stereocenters. The molecular weight excluding hydrogens is 364 g/mol. The fraction of sp³-hybridized carbons (Fsp3) is 0.250. The van der Waals surface area contributed by atoms with Crippen molar-refractivity contribution in [2.75, 3.05) is 20.3 Å². The van der Waals surface area contributed by atoms with Gasteiger partial charge in [-0.25, -0.2) is 9.67 Å². The predicted octanol–water partition coefficient (Wildman–Crippen LogP) is 3.66. The lowest BCUT2D eigenvalue weighted by Crippen LogP contribution is -2.26. The highest BCUT2D eigenvalue weighted by molar-refractivity contribution is 6.31. The Balaban J connectivity index is 2.00. The number of carbonyl (C=O) groups excluding carboxylic acids is 1. The Morgan fingerprint density at radius 1 is 1.19 bits per heavy atom. The molecular formula is C20H21ClN4O2. The molecule has 0 aliphatic carbocycles. The van der Waals surface area contributed by atoms with Crippen LogP contribution in [0.5, 0.6) is 0 Å². The van der Waals surface area contributed by atoms with Crippen molar-refractivity contribution in [1.29, 1.82) is 0 Å². The van der Waals surface area contributed by atoms with Crippen molar-refractivity contribution < 1.29 is 9.53 Å². The Bertz CT molecular complexity index is 925. The zero-order valence-electron chi connectivity index (χ0n) is 15.3. The normalized spacial score (nSPS) is 10.8. The van der Waals surface area contributed by atoms with Gasteiger partial charge >= 0.3 is 0 Å². The molecule has 1 amide bonds. The Morgan fingerprint density at radius 2 is 1.96 bits per heavy atom. The highest BCUT2D eigenvalue weighted by Crippen LogP contribution is 2.26. The molecule has 0 aliphatic rings. The molecule has 3 rings (SSSR count). The van der Waals surface area contributed by atoms with E-state index in [4.69, 9.17) is 16.3 Å². The number of amides is 1. The number of nitrogens with one attached hydrogen (secondary N) is 1. The Labute approximate surface area is 163 Å². The van der Waals surface area contributed by atoms with Crippen LogP contribution in [0.15, 0.2) is 48.5 Å². The van der Waals surface area contributed by atoms with E-state index >= 15 is 0 Å². The quantitative estimate of drug-likeness (QED) is 0.631. The summed E-state index contributed by atoms with van der Waals surface area (Å²) in [5.74, 6) is 0.385. The summed E-state index contributed by atoms with van der Waals surface area (Å²) in [5, 5.41) is 7.91. The molecule has 3 aromatic rings. The Morgan fingerprint density at radius 3 is 2.70 bits per heavy atom. The number of halogens is 1. The maximum absolute atomic E-state index is 12.5. The number of hydrogen-bond acceptors (Lipinski definition) is 4. The van der Waals surface area contributed by atoms with Gasteiger partial charge in [0.25, 0.3) is 5.91 Å². The van der Waals surface area contributed by atoms with Crippen molar-refractivity contribution in [3.63, 3.8) is 0 Å². The van der Waals surface area contributed by atoms with Crippen LogP contribution in [0.4, 0.5) is 0 Å². The highest BCUT2D eigenvalue weighted by Gasteiger charge is 2.19. The number of rotatable bonds is 7. The molecule has 0 saturated carbocycles. The molecule has 0 aliphatic heterocycles. The molecule has 0 spiro atoms. The number of aromatic nitrogens is 3. The van der Waals surface area contributed by atoms with Crippen LogP contribution >= 0.6 is 11.6 Å². The number of hydrogen-bond donors (Lipinski definition) is 1. The van der Waals surface area contributed by atoms with Gasteiger partial charge in [0, 0.05) is 30.8 Å². The largest absolute Gasteiger partial charge is 0.385 e. The first kappa shape index (κ1) is 19.1. The molecule has 0 fully saturated rings. The van der Waals surface area contributed by atoms with Gasteiger partial charge in [0.15, 0.2) is 5.82 Å². The maximum Gasteiger partial charge on any atom is 0.290 e. The van der Waals surface area contributed by atoms with Gasteiger partial charge in [-0.2, -0.15) is 0 Å². The van der Waals surface area contributed by atoms with E-state index in [0.717, 1.165) is 23.2 Å².